The molecule has 0 bridgehead atoms. The Kier molecular flexibility index (Phi) is 5.83. The minimum Gasteiger partial charge on any atom is -0.466 e. The van der Waals surface area contributed by atoms with Crippen LogP contribution in [0.1, 0.15) is 45.4 Å². The Morgan fingerprint density at radius 3 is 2.80 bits per heavy atom. The maximum atomic E-state index is 12.0. The molecular weight excluding hydrogens is 256 g/mol. The van der Waals surface area contributed by atoms with Crippen LogP contribution in [0.15, 0.2) is 0 Å². The molecule has 1 atom stereocenters. The molecule has 0 aromatic carbocycles. The number of hydrogen-bond donors (Lipinski definition) is 1. The van der Waals surface area contributed by atoms with Crippen LogP contribution in [0.2, 0.25) is 0 Å². The molecule has 20 heavy (non-hydrogen) atoms. The Balaban J connectivity index is 1.92. The number of carbonyl (C=O) groups excluding carboxylic acids is 2. The molecule has 1 aliphatic heterocycles. The van der Waals surface area contributed by atoms with Gasteiger partial charge in [0.1, 0.15) is 0 Å². The highest BCUT2D eigenvalue weighted by molar-refractivity contribution is 5.87. The molecule has 0 aromatic heterocycles. The van der Waals surface area contributed by atoms with E-state index in [-0.39, 0.29) is 24.3 Å². The van der Waals surface area contributed by atoms with Crippen molar-refractivity contribution in [2.45, 2.75) is 51.5 Å². The molecule has 0 aromatic rings. The molecule has 0 spiro atoms. The molecule has 2 aliphatic rings. The molecule has 1 amide bonds. The van der Waals surface area contributed by atoms with Crippen molar-refractivity contribution in [1.82, 2.24) is 10.2 Å². The largest absolute Gasteiger partial charge is 0.466 e. The first-order valence-electron chi connectivity index (χ1n) is 7.88. The number of ether oxygens (including phenoxy) is 1. The number of esters is 1. The van der Waals surface area contributed by atoms with Gasteiger partial charge in [-0.05, 0) is 25.7 Å². The van der Waals surface area contributed by atoms with Crippen molar-refractivity contribution in [3.05, 3.63) is 0 Å². The van der Waals surface area contributed by atoms with Gasteiger partial charge < -0.3 is 10.1 Å². The van der Waals surface area contributed by atoms with Gasteiger partial charge in [0, 0.05) is 19.6 Å². The van der Waals surface area contributed by atoms with Gasteiger partial charge in [0.2, 0.25) is 5.91 Å². The maximum Gasteiger partial charge on any atom is 0.307 e. The van der Waals surface area contributed by atoms with Crippen molar-refractivity contribution in [2.75, 3.05) is 26.2 Å². The summed E-state index contributed by atoms with van der Waals surface area (Å²) in [6, 6.07) is -0.343. The molecule has 0 unspecified atom stereocenters. The maximum absolute atomic E-state index is 12.0. The van der Waals surface area contributed by atoms with E-state index >= 15 is 0 Å². The summed E-state index contributed by atoms with van der Waals surface area (Å²) in [5, 5.41) is 2.86. The lowest BCUT2D eigenvalue weighted by atomic mass is 9.88. The monoisotopic (exact) mass is 282 g/mol. The van der Waals surface area contributed by atoms with Gasteiger partial charge in [0.15, 0.2) is 0 Å². The molecule has 2 fully saturated rings. The van der Waals surface area contributed by atoms with Crippen molar-refractivity contribution in [2.24, 2.45) is 5.92 Å². The zero-order valence-corrected chi connectivity index (χ0v) is 12.4. The number of rotatable bonds is 5. The van der Waals surface area contributed by atoms with Crippen molar-refractivity contribution in [3.63, 3.8) is 0 Å². The van der Waals surface area contributed by atoms with Gasteiger partial charge >= 0.3 is 5.97 Å². The molecule has 1 saturated carbocycles. The fraction of sp³-hybridized carbons (Fsp3) is 0.867. The predicted molar refractivity (Wildman–Crippen MR) is 76.2 cm³/mol. The van der Waals surface area contributed by atoms with Crippen LogP contribution in [0.5, 0.6) is 0 Å². The molecular formula is C15H26N2O3. The number of nitrogens with one attached hydrogen (secondary N) is 1. The quantitative estimate of drug-likeness (QED) is 0.773. The summed E-state index contributed by atoms with van der Waals surface area (Å²) in [6.45, 7) is 4.63. The van der Waals surface area contributed by atoms with E-state index in [0.717, 1.165) is 13.1 Å². The fourth-order valence-corrected chi connectivity index (χ4v) is 3.28. The van der Waals surface area contributed by atoms with Gasteiger partial charge in [0.25, 0.3) is 0 Å². The van der Waals surface area contributed by atoms with Crippen LogP contribution >= 0.6 is 0 Å². The van der Waals surface area contributed by atoms with E-state index in [2.05, 4.69) is 10.2 Å². The van der Waals surface area contributed by atoms with Gasteiger partial charge in [-0.2, -0.15) is 0 Å². The molecule has 1 N–H and O–H groups in total. The SMILES string of the molecule is CCOC(=O)C[C@@H]1C(=O)NCCN1CC1CCCCC1. The van der Waals surface area contributed by atoms with Crippen LogP contribution in [-0.2, 0) is 14.3 Å². The number of amides is 1. The van der Waals surface area contributed by atoms with Gasteiger partial charge in [-0.15, -0.1) is 0 Å². The molecule has 5 heteroatoms. The molecule has 1 heterocycles. The summed E-state index contributed by atoms with van der Waals surface area (Å²) in [5.41, 5.74) is 0. The molecule has 1 aliphatic carbocycles. The first kappa shape index (κ1) is 15.3. The van der Waals surface area contributed by atoms with Crippen molar-refractivity contribution in [3.8, 4) is 0 Å². The lowest BCUT2D eigenvalue weighted by Crippen LogP contribution is -2.57. The molecule has 2 rings (SSSR count). The minimum atomic E-state index is -0.343. The number of hydrogen-bond acceptors (Lipinski definition) is 4. The number of piperazine rings is 1. The normalized spacial score (nSPS) is 25.2. The summed E-state index contributed by atoms with van der Waals surface area (Å²) in [6.07, 6.45) is 6.62. The average molecular weight is 282 g/mol. The lowest BCUT2D eigenvalue weighted by molar-refractivity contribution is -0.148. The first-order chi connectivity index (χ1) is 9.70. The summed E-state index contributed by atoms with van der Waals surface area (Å²) < 4.78 is 4.99. The average Bonchev–Trinajstić information content (AvgIpc) is 2.44. The molecule has 5 nitrogen and oxygen atoms in total. The standard InChI is InChI=1S/C15H26N2O3/c1-2-20-14(18)10-13-15(19)16-8-9-17(13)11-12-6-4-3-5-7-12/h12-13H,2-11H2,1H3,(H,16,19)/t13-/m1/s1. The van der Waals surface area contributed by atoms with E-state index in [1.54, 1.807) is 6.92 Å². The van der Waals surface area contributed by atoms with E-state index in [4.69, 9.17) is 4.74 Å². The third kappa shape index (κ3) is 4.20. The Bertz CT molecular complexity index is 340. The van der Waals surface area contributed by atoms with Gasteiger partial charge in [-0.25, -0.2) is 0 Å². The fourth-order valence-electron chi connectivity index (χ4n) is 3.28. The van der Waals surface area contributed by atoms with Gasteiger partial charge in [-0.1, -0.05) is 19.3 Å². The van der Waals surface area contributed by atoms with E-state index in [1.165, 1.54) is 32.1 Å². The Morgan fingerprint density at radius 1 is 1.35 bits per heavy atom. The minimum absolute atomic E-state index is 0.0277. The smallest absolute Gasteiger partial charge is 0.307 e. The second-order valence-corrected chi connectivity index (χ2v) is 5.81. The van der Waals surface area contributed by atoms with Gasteiger partial charge in [-0.3, -0.25) is 14.5 Å². The van der Waals surface area contributed by atoms with Crippen LogP contribution in [0.3, 0.4) is 0 Å². The zero-order chi connectivity index (χ0) is 14.4. The number of nitrogens with zero attached hydrogens (tertiary/aromatic N) is 1. The highest BCUT2D eigenvalue weighted by Crippen LogP contribution is 2.25. The van der Waals surface area contributed by atoms with E-state index in [9.17, 15) is 9.59 Å². The highest BCUT2D eigenvalue weighted by atomic mass is 16.5. The second kappa shape index (κ2) is 7.62. The van der Waals surface area contributed by atoms with Crippen LogP contribution in [0.4, 0.5) is 0 Å². The van der Waals surface area contributed by atoms with Crippen molar-refractivity contribution in [1.29, 1.82) is 0 Å². The molecule has 1 saturated heterocycles. The van der Waals surface area contributed by atoms with Crippen molar-refractivity contribution < 1.29 is 14.3 Å². The van der Waals surface area contributed by atoms with E-state index in [0.29, 0.717) is 19.1 Å². The number of carbonyl (C=O) groups is 2. The summed E-state index contributed by atoms with van der Waals surface area (Å²) in [5.74, 6) is 0.377. The Labute approximate surface area is 121 Å². The Hall–Kier alpha value is -1.10. The van der Waals surface area contributed by atoms with Crippen LogP contribution in [0, 0.1) is 5.92 Å². The summed E-state index contributed by atoms with van der Waals surface area (Å²) in [4.78, 5) is 25.9. The van der Waals surface area contributed by atoms with Crippen LogP contribution in [0.25, 0.3) is 0 Å². The topological polar surface area (TPSA) is 58.6 Å². The van der Waals surface area contributed by atoms with Crippen LogP contribution in [-0.4, -0.2) is 49.1 Å². The van der Waals surface area contributed by atoms with E-state index < -0.39 is 0 Å². The van der Waals surface area contributed by atoms with Crippen molar-refractivity contribution >= 4 is 11.9 Å². The predicted octanol–water partition coefficient (Wildman–Crippen LogP) is 1.32. The second-order valence-electron chi connectivity index (χ2n) is 5.81. The van der Waals surface area contributed by atoms with E-state index in [1.807, 2.05) is 0 Å². The summed E-state index contributed by atoms with van der Waals surface area (Å²) >= 11 is 0. The van der Waals surface area contributed by atoms with Crippen LogP contribution < -0.4 is 5.32 Å². The van der Waals surface area contributed by atoms with Gasteiger partial charge in [0.05, 0.1) is 19.1 Å². The zero-order valence-electron chi connectivity index (χ0n) is 12.4. The third-order valence-electron chi connectivity index (χ3n) is 4.32. The summed E-state index contributed by atoms with van der Waals surface area (Å²) in [7, 11) is 0. The Morgan fingerprint density at radius 2 is 2.10 bits per heavy atom. The lowest BCUT2D eigenvalue weighted by Gasteiger charge is -2.37. The molecule has 114 valence electrons. The highest BCUT2D eigenvalue weighted by Gasteiger charge is 2.33. The third-order valence-corrected chi connectivity index (χ3v) is 4.32. The first-order valence-corrected chi connectivity index (χ1v) is 7.88. The molecule has 0 radical (unpaired) electrons.